The van der Waals surface area contributed by atoms with Crippen LogP contribution in [0.3, 0.4) is 0 Å². The summed E-state index contributed by atoms with van der Waals surface area (Å²) in [6.07, 6.45) is 7.04. The van der Waals surface area contributed by atoms with Gasteiger partial charge in [-0.1, -0.05) is 70.5 Å². The summed E-state index contributed by atoms with van der Waals surface area (Å²) in [5, 5.41) is 6.20. The van der Waals surface area contributed by atoms with E-state index in [1.165, 1.54) is 11.1 Å². The molecule has 1 heterocycles. The second-order valence-corrected chi connectivity index (χ2v) is 11.3. The summed E-state index contributed by atoms with van der Waals surface area (Å²) in [4.78, 5) is 18.5. The molecule has 5 rings (SSSR count). The molecular weight excluding hydrogens is 601 g/mol. The Labute approximate surface area is 245 Å². The van der Waals surface area contributed by atoms with E-state index in [1.54, 1.807) is 18.3 Å². The number of hydrogen-bond acceptors (Lipinski definition) is 5. The first-order valence-electron chi connectivity index (χ1n) is 13.0. The van der Waals surface area contributed by atoms with Crippen LogP contribution in [-0.2, 0) is 6.61 Å². The Kier molecular flexibility index (Phi) is 8.90. The van der Waals surface area contributed by atoms with Gasteiger partial charge in [-0.2, -0.15) is 9.78 Å². The van der Waals surface area contributed by atoms with Gasteiger partial charge in [-0.3, -0.25) is 4.79 Å². The molecule has 0 radical (unpaired) electrons. The molecule has 3 aromatic carbocycles. The molecule has 1 saturated carbocycles. The molecule has 1 aliphatic rings. The SMILES string of the molecule is CCOc1cc(C=Nn2c(C3CCCCC3)nc3ccc(Br)cc3c2=O)cc(Cl)c1OCc1ccc(Cl)cc1. The maximum atomic E-state index is 13.6. The van der Waals surface area contributed by atoms with Crippen LogP contribution in [0.1, 0.15) is 61.9 Å². The summed E-state index contributed by atoms with van der Waals surface area (Å²) in [5.41, 5.74) is 2.11. The number of hydrogen-bond donors (Lipinski definition) is 0. The lowest BCUT2D eigenvalue weighted by atomic mass is 9.88. The molecule has 202 valence electrons. The lowest BCUT2D eigenvalue weighted by Gasteiger charge is -2.22. The lowest BCUT2D eigenvalue weighted by Crippen LogP contribution is -2.25. The maximum Gasteiger partial charge on any atom is 0.282 e. The van der Waals surface area contributed by atoms with Gasteiger partial charge in [0.25, 0.3) is 5.56 Å². The van der Waals surface area contributed by atoms with Crippen molar-refractivity contribution in [2.75, 3.05) is 6.61 Å². The van der Waals surface area contributed by atoms with Crippen LogP contribution in [0.4, 0.5) is 0 Å². The third-order valence-corrected chi connectivity index (χ3v) is 7.78. The Hall–Kier alpha value is -2.87. The third kappa shape index (κ3) is 6.48. The van der Waals surface area contributed by atoms with E-state index in [1.807, 2.05) is 49.4 Å². The van der Waals surface area contributed by atoms with Crippen LogP contribution in [0.2, 0.25) is 10.0 Å². The first-order valence-corrected chi connectivity index (χ1v) is 14.6. The van der Waals surface area contributed by atoms with Gasteiger partial charge in [0, 0.05) is 15.4 Å². The van der Waals surface area contributed by atoms with Crippen LogP contribution in [0.25, 0.3) is 10.9 Å². The smallest absolute Gasteiger partial charge is 0.282 e. The Morgan fingerprint density at radius 1 is 1.05 bits per heavy atom. The standard InChI is InChI=1S/C30H28BrCl2N3O3/c1-2-38-27-15-20(14-25(33)28(27)39-18-19-8-11-23(32)12-9-19)17-34-36-29(21-6-4-3-5-7-21)35-26-13-10-22(31)16-24(26)30(36)37/h8-17,21H,2-7,18H2,1H3. The minimum atomic E-state index is -0.197. The van der Waals surface area contributed by atoms with E-state index in [0.29, 0.717) is 57.0 Å². The van der Waals surface area contributed by atoms with Crippen molar-refractivity contribution in [3.63, 3.8) is 0 Å². The van der Waals surface area contributed by atoms with E-state index >= 15 is 0 Å². The summed E-state index contributed by atoms with van der Waals surface area (Å²) in [6.45, 7) is 2.64. The zero-order valence-corrected chi connectivity index (χ0v) is 24.6. The summed E-state index contributed by atoms with van der Waals surface area (Å²) >= 11 is 16.1. The third-order valence-electron chi connectivity index (χ3n) is 6.75. The van der Waals surface area contributed by atoms with Crippen LogP contribution in [0.5, 0.6) is 11.5 Å². The molecule has 0 saturated heterocycles. The first-order chi connectivity index (χ1) is 18.9. The molecule has 39 heavy (non-hydrogen) atoms. The van der Waals surface area contributed by atoms with Crippen molar-refractivity contribution in [3.8, 4) is 11.5 Å². The number of ether oxygens (including phenoxy) is 2. The summed E-state index contributed by atoms with van der Waals surface area (Å²) in [5.74, 6) is 1.83. The average molecular weight is 629 g/mol. The highest BCUT2D eigenvalue weighted by atomic mass is 79.9. The van der Waals surface area contributed by atoms with Gasteiger partial charge in [-0.05, 0) is 73.4 Å². The van der Waals surface area contributed by atoms with Gasteiger partial charge >= 0.3 is 0 Å². The van der Waals surface area contributed by atoms with Crippen molar-refractivity contribution in [2.24, 2.45) is 5.10 Å². The normalized spacial score (nSPS) is 14.3. The number of fused-ring (bicyclic) bond motifs is 1. The summed E-state index contributed by atoms with van der Waals surface area (Å²) in [7, 11) is 0. The number of halogens is 3. The molecule has 9 heteroatoms. The molecule has 1 aliphatic carbocycles. The molecule has 1 fully saturated rings. The van der Waals surface area contributed by atoms with Crippen molar-refractivity contribution < 1.29 is 9.47 Å². The van der Waals surface area contributed by atoms with E-state index < -0.39 is 0 Å². The Balaban J connectivity index is 1.50. The molecule has 0 amide bonds. The van der Waals surface area contributed by atoms with Crippen LogP contribution >= 0.6 is 39.1 Å². The van der Waals surface area contributed by atoms with Crippen LogP contribution in [0.15, 0.2) is 69.0 Å². The quantitative estimate of drug-likeness (QED) is 0.184. The molecule has 0 spiro atoms. The van der Waals surface area contributed by atoms with Gasteiger partial charge in [0.1, 0.15) is 12.4 Å². The number of nitrogens with zero attached hydrogens (tertiary/aromatic N) is 3. The highest BCUT2D eigenvalue weighted by molar-refractivity contribution is 9.10. The van der Waals surface area contributed by atoms with Crippen LogP contribution in [0, 0.1) is 0 Å². The minimum Gasteiger partial charge on any atom is -0.490 e. The fourth-order valence-electron chi connectivity index (χ4n) is 4.83. The molecular formula is C30H28BrCl2N3O3. The van der Waals surface area contributed by atoms with Gasteiger partial charge in [0.15, 0.2) is 11.5 Å². The van der Waals surface area contributed by atoms with Crippen molar-refractivity contribution in [1.29, 1.82) is 0 Å². The molecule has 1 aromatic heterocycles. The van der Waals surface area contributed by atoms with Gasteiger partial charge in [0.05, 0.1) is 28.7 Å². The molecule has 0 unspecified atom stereocenters. The molecule has 0 aliphatic heterocycles. The zero-order valence-electron chi connectivity index (χ0n) is 21.5. The minimum absolute atomic E-state index is 0.183. The van der Waals surface area contributed by atoms with E-state index in [9.17, 15) is 4.79 Å². The fraction of sp³-hybridized carbons (Fsp3) is 0.300. The molecule has 0 atom stereocenters. The predicted molar refractivity (Wildman–Crippen MR) is 161 cm³/mol. The first kappa shape index (κ1) is 27.7. The van der Waals surface area contributed by atoms with Crippen molar-refractivity contribution >= 4 is 56.2 Å². The Morgan fingerprint density at radius 3 is 2.56 bits per heavy atom. The fourth-order valence-corrected chi connectivity index (χ4v) is 5.59. The highest BCUT2D eigenvalue weighted by Crippen LogP contribution is 2.37. The van der Waals surface area contributed by atoms with Gasteiger partial charge in [-0.15, -0.1) is 0 Å². The van der Waals surface area contributed by atoms with Crippen LogP contribution in [-0.4, -0.2) is 22.5 Å². The molecule has 0 bridgehead atoms. The predicted octanol–water partition coefficient (Wildman–Crippen LogP) is 8.37. The van der Waals surface area contributed by atoms with Gasteiger partial charge in [-0.25, -0.2) is 4.98 Å². The summed E-state index contributed by atoms with van der Waals surface area (Å²) in [6, 6.07) is 16.6. The van der Waals surface area contributed by atoms with E-state index in [2.05, 4.69) is 21.0 Å². The van der Waals surface area contributed by atoms with Crippen molar-refractivity contribution in [1.82, 2.24) is 9.66 Å². The largest absolute Gasteiger partial charge is 0.490 e. The van der Waals surface area contributed by atoms with E-state index in [0.717, 1.165) is 35.7 Å². The molecule has 4 aromatic rings. The Bertz CT molecular complexity index is 1570. The lowest BCUT2D eigenvalue weighted by molar-refractivity contribution is 0.269. The van der Waals surface area contributed by atoms with Crippen LogP contribution < -0.4 is 15.0 Å². The zero-order chi connectivity index (χ0) is 27.4. The number of benzene rings is 3. The van der Waals surface area contributed by atoms with E-state index in [-0.39, 0.29) is 11.5 Å². The number of aromatic nitrogens is 2. The maximum absolute atomic E-state index is 13.6. The van der Waals surface area contributed by atoms with Crippen molar-refractivity contribution in [3.05, 3.63) is 96.4 Å². The average Bonchev–Trinajstić information content (AvgIpc) is 2.94. The highest BCUT2D eigenvalue weighted by Gasteiger charge is 2.22. The Morgan fingerprint density at radius 2 is 1.82 bits per heavy atom. The second kappa shape index (κ2) is 12.5. The second-order valence-electron chi connectivity index (χ2n) is 9.51. The van der Waals surface area contributed by atoms with E-state index in [4.69, 9.17) is 37.7 Å². The van der Waals surface area contributed by atoms with Gasteiger partial charge < -0.3 is 9.47 Å². The van der Waals surface area contributed by atoms with Gasteiger partial charge in [0.2, 0.25) is 0 Å². The summed E-state index contributed by atoms with van der Waals surface area (Å²) < 4.78 is 14.1. The van der Waals surface area contributed by atoms with Crippen molar-refractivity contribution in [2.45, 2.75) is 51.6 Å². The molecule has 6 nitrogen and oxygen atoms in total. The number of rotatable bonds is 8. The topological polar surface area (TPSA) is 65.7 Å². The molecule has 0 N–H and O–H groups in total. The monoisotopic (exact) mass is 627 g/mol.